The minimum Gasteiger partial charge on any atom is -0.373 e. The van der Waals surface area contributed by atoms with Gasteiger partial charge in [-0.3, -0.25) is 4.79 Å². The average Bonchev–Trinajstić information content (AvgIpc) is 2.43. The van der Waals surface area contributed by atoms with Gasteiger partial charge in [0.05, 0.1) is 5.02 Å². The number of carbonyl (C=O) groups is 1. The Balaban J connectivity index is 2.18. The lowest BCUT2D eigenvalue weighted by Gasteiger charge is -2.07. The number of hydrogen-bond acceptors (Lipinski definition) is 3. The van der Waals surface area contributed by atoms with Crippen molar-refractivity contribution in [3.8, 4) is 0 Å². The molecule has 0 saturated carbocycles. The lowest BCUT2D eigenvalue weighted by Crippen LogP contribution is -2.12. The van der Waals surface area contributed by atoms with Crippen molar-refractivity contribution in [3.05, 3.63) is 52.9 Å². The van der Waals surface area contributed by atoms with E-state index in [1.807, 2.05) is 0 Å². The van der Waals surface area contributed by atoms with Crippen LogP contribution in [0.3, 0.4) is 0 Å². The molecule has 2 rings (SSSR count). The Hall–Kier alpha value is -2.14. The summed E-state index contributed by atoms with van der Waals surface area (Å²) in [4.78, 5) is 16.0. The first kappa shape index (κ1) is 13.3. The lowest BCUT2D eigenvalue weighted by molar-refractivity contribution is 0.102. The molecule has 4 nitrogen and oxygen atoms in total. The van der Waals surface area contributed by atoms with E-state index in [1.54, 1.807) is 19.2 Å². The molecule has 0 unspecified atom stereocenters. The fraction of sp³-hybridized carbons (Fsp3) is 0.0769. The summed E-state index contributed by atoms with van der Waals surface area (Å²) in [6, 6.07) is 7.26. The minimum absolute atomic E-state index is 0.0133. The maximum Gasteiger partial charge on any atom is 0.255 e. The Morgan fingerprint density at radius 3 is 2.79 bits per heavy atom. The predicted octanol–water partition coefficient (Wildman–Crippen LogP) is 3.17. The summed E-state index contributed by atoms with van der Waals surface area (Å²) in [6.07, 6.45) is 1.52. The van der Waals surface area contributed by atoms with E-state index in [4.69, 9.17) is 11.6 Å². The van der Waals surface area contributed by atoms with Crippen molar-refractivity contribution in [2.45, 2.75) is 0 Å². The summed E-state index contributed by atoms with van der Waals surface area (Å²) < 4.78 is 13.2. The molecule has 0 aliphatic rings. The standard InChI is InChI=1S/C13H11ClFN3O/c1-16-12-6-8(4-5-17-12)13(19)18-9-2-3-10(14)11(15)7-9/h2-7H,1H3,(H,16,17)(H,18,19). The van der Waals surface area contributed by atoms with Crippen LogP contribution in [0.5, 0.6) is 0 Å². The van der Waals surface area contributed by atoms with Gasteiger partial charge in [-0.1, -0.05) is 11.6 Å². The molecule has 0 spiro atoms. The van der Waals surface area contributed by atoms with Gasteiger partial charge in [0.25, 0.3) is 5.91 Å². The van der Waals surface area contributed by atoms with Crippen molar-refractivity contribution in [3.63, 3.8) is 0 Å². The quantitative estimate of drug-likeness (QED) is 0.907. The Labute approximate surface area is 114 Å². The van der Waals surface area contributed by atoms with Gasteiger partial charge >= 0.3 is 0 Å². The Kier molecular flexibility index (Phi) is 3.97. The number of pyridine rings is 1. The van der Waals surface area contributed by atoms with Gasteiger partial charge < -0.3 is 10.6 Å². The van der Waals surface area contributed by atoms with Crippen LogP contribution < -0.4 is 10.6 Å². The van der Waals surface area contributed by atoms with Gasteiger partial charge in [-0.15, -0.1) is 0 Å². The van der Waals surface area contributed by atoms with Crippen LogP contribution in [0.15, 0.2) is 36.5 Å². The van der Waals surface area contributed by atoms with Crippen molar-refractivity contribution in [1.82, 2.24) is 4.98 Å². The predicted molar refractivity (Wildman–Crippen MR) is 73.1 cm³/mol. The molecule has 2 N–H and O–H groups in total. The molecule has 1 aromatic heterocycles. The molecule has 1 heterocycles. The van der Waals surface area contributed by atoms with Gasteiger partial charge in [-0.2, -0.15) is 0 Å². The van der Waals surface area contributed by atoms with Crippen LogP contribution in [0, 0.1) is 5.82 Å². The smallest absolute Gasteiger partial charge is 0.255 e. The van der Waals surface area contributed by atoms with Gasteiger partial charge in [0, 0.05) is 24.5 Å². The van der Waals surface area contributed by atoms with Crippen LogP contribution in [0.1, 0.15) is 10.4 Å². The maximum atomic E-state index is 13.2. The third kappa shape index (κ3) is 3.20. The van der Waals surface area contributed by atoms with E-state index >= 15 is 0 Å². The second-order valence-corrected chi connectivity index (χ2v) is 4.17. The van der Waals surface area contributed by atoms with Crippen molar-refractivity contribution in [2.75, 3.05) is 17.7 Å². The number of aromatic nitrogens is 1. The van der Waals surface area contributed by atoms with Gasteiger partial charge in [-0.25, -0.2) is 9.37 Å². The molecular formula is C13H11ClFN3O. The van der Waals surface area contributed by atoms with E-state index in [1.165, 1.54) is 24.4 Å². The van der Waals surface area contributed by atoms with Crippen molar-refractivity contribution in [2.24, 2.45) is 0 Å². The van der Waals surface area contributed by atoms with E-state index in [2.05, 4.69) is 15.6 Å². The zero-order chi connectivity index (χ0) is 13.8. The molecular weight excluding hydrogens is 269 g/mol. The van der Waals surface area contributed by atoms with Gasteiger partial charge in [0.15, 0.2) is 0 Å². The number of nitrogens with one attached hydrogen (secondary N) is 2. The highest BCUT2D eigenvalue weighted by Crippen LogP contribution is 2.19. The summed E-state index contributed by atoms with van der Waals surface area (Å²) >= 11 is 5.57. The fourth-order valence-corrected chi connectivity index (χ4v) is 1.60. The van der Waals surface area contributed by atoms with Gasteiger partial charge in [0.2, 0.25) is 0 Å². The summed E-state index contributed by atoms with van der Waals surface area (Å²) in [5.74, 6) is -0.347. The van der Waals surface area contributed by atoms with Crippen LogP contribution >= 0.6 is 11.6 Å². The lowest BCUT2D eigenvalue weighted by atomic mass is 10.2. The zero-order valence-corrected chi connectivity index (χ0v) is 10.8. The highest BCUT2D eigenvalue weighted by Gasteiger charge is 2.08. The number of nitrogens with zero attached hydrogens (tertiary/aromatic N) is 1. The highest BCUT2D eigenvalue weighted by molar-refractivity contribution is 6.30. The molecule has 0 atom stereocenters. The fourth-order valence-electron chi connectivity index (χ4n) is 1.49. The topological polar surface area (TPSA) is 54.0 Å². The molecule has 1 aromatic carbocycles. The monoisotopic (exact) mass is 279 g/mol. The molecule has 2 aromatic rings. The van der Waals surface area contributed by atoms with E-state index < -0.39 is 5.82 Å². The first-order chi connectivity index (χ1) is 9.10. The molecule has 6 heteroatoms. The molecule has 0 saturated heterocycles. The summed E-state index contributed by atoms with van der Waals surface area (Å²) in [5, 5.41) is 5.43. The Morgan fingerprint density at radius 1 is 1.32 bits per heavy atom. The maximum absolute atomic E-state index is 13.2. The molecule has 0 fully saturated rings. The first-order valence-electron chi connectivity index (χ1n) is 5.50. The number of rotatable bonds is 3. The molecule has 0 aliphatic carbocycles. The number of amides is 1. The van der Waals surface area contributed by atoms with E-state index in [0.717, 1.165) is 0 Å². The van der Waals surface area contributed by atoms with E-state index in [9.17, 15) is 9.18 Å². The number of hydrogen-bond donors (Lipinski definition) is 2. The molecule has 0 radical (unpaired) electrons. The Morgan fingerprint density at radius 2 is 2.11 bits per heavy atom. The van der Waals surface area contributed by atoms with Crippen LogP contribution in [-0.2, 0) is 0 Å². The average molecular weight is 280 g/mol. The first-order valence-corrected chi connectivity index (χ1v) is 5.88. The summed E-state index contributed by atoms with van der Waals surface area (Å²) in [7, 11) is 1.71. The molecule has 19 heavy (non-hydrogen) atoms. The largest absolute Gasteiger partial charge is 0.373 e. The van der Waals surface area contributed by atoms with Gasteiger partial charge in [-0.05, 0) is 30.3 Å². The third-order valence-electron chi connectivity index (χ3n) is 2.46. The number of carbonyl (C=O) groups excluding carboxylic acids is 1. The number of halogens is 2. The summed E-state index contributed by atoms with van der Waals surface area (Å²) in [6.45, 7) is 0. The second-order valence-electron chi connectivity index (χ2n) is 3.76. The van der Waals surface area contributed by atoms with E-state index in [0.29, 0.717) is 17.1 Å². The number of benzene rings is 1. The molecule has 1 amide bonds. The molecule has 0 bridgehead atoms. The van der Waals surface area contributed by atoms with Crippen molar-refractivity contribution >= 4 is 29.0 Å². The highest BCUT2D eigenvalue weighted by atomic mass is 35.5. The van der Waals surface area contributed by atoms with Gasteiger partial charge in [0.1, 0.15) is 11.6 Å². The zero-order valence-electron chi connectivity index (χ0n) is 10.1. The molecule has 98 valence electrons. The molecule has 0 aliphatic heterocycles. The normalized spacial score (nSPS) is 10.1. The third-order valence-corrected chi connectivity index (χ3v) is 2.76. The number of anilines is 2. The summed E-state index contributed by atoms with van der Waals surface area (Å²) in [5.41, 5.74) is 0.768. The second kappa shape index (κ2) is 5.67. The van der Waals surface area contributed by atoms with Crippen LogP contribution in [0.25, 0.3) is 0 Å². The van der Waals surface area contributed by atoms with E-state index in [-0.39, 0.29) is 10.9 Å². The SMILES string of the molecule is CNc1cc(C(=O)Nc2ccc(Cl)c(F)c2)ccn1. The Bertz CT molecular complexity index is 619. The van der Waals surface area contributed by atoms with Crippen LogP contribution in [-0.4, -0.2) is 17.9 Å². The van der Waals surface area contributed by atoms with Crippen molar-refractivity contribution in [1.29, 1.82) is 0 Å². The van der Waals surface area contributed by atoms with Crippen LogP contribution in [0.2, 0.25) is 5.02 Å². The van der Waals surface area contributed by atoms with Crippen LogP contribution in [0.4, 0.5) is 15.9 Å². The minimum atomic E-state index is -0.579. The van der Waals surface area contributed by atoms with Crippen molar-refractivity contribution < 1.29 is 9.18 Å².